The van der Waals surface area contributed by atoms with Crippen LogP contribution in [0.3, 0.4) is 0 Å². The van der Waals surface area contributed by atoms with E-state index in [9.17, 15) is 13.2 Å². The average Bonchev–Trinajstić information content (AvgIpc) is 3.04. The molecule has 0 bridgehead atoms. The highest BCUT2D eigenvalue weighted by Gasteiger charge is 2.42. The van der Waals surface area contributed by atoms with Crippen LogP contribution in [0.1, 0.15) is 5.82 Å². The zero-order chi connectivity index (χ0) is 17.7. The molecule has 0 aliphatic carbocycles. The van der Waals surface area contributed by atoms with Gasteiger partial charge < -0.3 is 10.1 Å². The normalized spacial score (nSPS) is 13.2. The lowest BCUT2D eigenvalue weighted by molar-refractivity contribution is -0.198. The molecule has 0 aliphatic heterocycles. The Balaban J connectivity index is 2.22. The number of nitriles is 1. The van der Waals surface area contributed by atoms with Crippen LogP contribution in [0.2, 0.25) is 5.02 Å². The second-order valence-corrected chi connectivity index (χ2v) is 4.95. The van der Waals surface area contributed by atoms with Gasteiger partial charge in [0.25, 0.3) is 5.63 Å². The number of aromatic amines is 1. The number of nitrogens with one attached hydrogen (secondary N) is 2. The molecule has 1 atom stereocenters. The third-order valence-electron chi connectivity index (χ3n) is 2.52. The highest BCUT2D eigenvalue weighted by atomic mass is 35.5. The number of hydrogen-bond donors (Lipinski definition) is 2. The molecule has 2 N–H and O–H groups in total. The second kappa shape index (κ2) is 7.37. The van der Waals surface area contributed by atoms with E-state index >= 15 is 0 Å². The summed E-state index contributed by atoms with van der Waals surface area (Å²) in [5.41, 5.74) is -2.90. The summed E-state index contributed by atoms with van der Waals surface area (Å²) in [5.74, 6) is -0.371. The van der Waals surface area contributed by atoms with E-state index in [1.165, 1.54) is 12.3 Å². The lowest BCUT2D eigenvalue weighted by atomic mass is 10.2. The number of allylic oxidation sites excluding steroid dienone is 1. The molecule has 2 aromatic rings. The maximum atomic E-state index is 13.2. The molecule has 0 spiro atoms. The molecule has 1 aromatic heterocycles. The number of anilines is 1. The van der Waals surface area contributed by atoms with Crippen molar-refractivity contribution in [3.63, 3.8) is 0 Å². The topological polar surface area (TPSA) is 99.5 Å². The van der Waals surface area contributed by atoms with Crippen molar-refractivity contribution in [1.82, 2.24) is 20.6 Å². The molecule has 24 heavy (non-hydrogen) atoms. The van der Waals surface area contributed by atoms with Gasteiger partial charge in [-0.2, -0.15) is 19.3 Å². The van der Waals surface area contributed by atoms with Crippen LogP contribution in [0.5, 0.6) is 5.75 Å². The maximum absolute atomic E-state index is 13.2. The van der Waals surface area contributed by atoms with E-state index in [4.69, 9.17) is 28.5 Å². The summed E-state index contributed by atoms with van der Waals surface area (Å²) in [7, 11) is 0. The van der Waals surface area contributed by atoms with Gasteiger partial charge in [0.05, 0.1) is 10.7 Å². The summed E-state index contributed by atoms with van der Waals surface area (Å²) < 4.78 is 43.1. The SMILES string of the molecule is N#CC(=CNc1cc(OC(F)(F)C(F)Cl)ccc1Cl)c1nn[nH]n1. The summed E-state index contributed by atoms with van der Waals surface area (Å²) in [6.45, 7) is 0. The monoisotopic (exact) mass is 378 g/mol. The van der Waals surface area contributed by atoms with Gasteiger partial charge in [-0.05, 0) is 17.3 Å². The van der Waals surface area contributed by atoms with Crippen molar-refractivity contribution in [1.29, 1.82) is 5.26 Å². The van der Waals surface area contributed by atoms with Gasteiger partial charge in [-0.15, -0.1) is 10.2 Å². The smallest absolute Gasteiger partial charge is 0.429 e. The number of halogens is 5. The number of hydrogen-bond acceptors (Lipinski definition) is 6. The van der Waals surface area contributed by atoms with Gasteiger partial charge in [0, 0.05) is 12.3 Å². The molecule has 12 heteroatoms. The Morgan fingerprint density at radius 2 is 2.25 bits per heavy atom. The molecule has 0 saturated carbocycles. The molecule has 2 rings (SSSR count). The second-order valence-electron chi connectivity index (χ2n) is 4.16. The number of ether oxygens (including phenoxy) is 1. The van der Waals surface area contributed by atoms with Gasteiger partial charge in [0.1, 0.15) is 17.4 Å². The Hall–Kier alpha value is -2.51. The molecule has 0 fully saturated rings. The van der Waals surface area contributed by atoms with E-state index in [2.05, 4.69) is 30.7 Å². The van der Waals surface area contributed by atoms with Gasteiger partial charge in [0.15, 0.2) is 0 Å². The Kier molecular flexibility index (Phi) is 5.48. The molecule has 0 aliphatic rings. The van der Waals surface area contributed by atoms with E-state index < -0.39 is 11.7 Å². The number of tetrazole rings is 1. The number of nitrogens with zero attached hydrogens (tertiary/aromatic N) is 4. The fraction of sp³-hybridized carbons (Fsp3) is 0.167. The van der Waals surface area contributed by atoms with Crippen LogP contribution < -0.4 is 10.1 Å². The van der Waals surface area contributed by atoms with Crippen molar-refractivity contribution in [3.05, 3.63) is 35.2 Å². The number of alkyl halides is 4. The minimum absolute atomic E-state index is 0.000971. The summed E-state index contributed by atoms with van der Waals surface area (Å²) >= 11 is 10.6. The van der Waals surface area contributed by atoms with Crippen molar-refractivity contribution in [2.75, 3.05) is 5.32 Å². The Morgan fingerprint density at radius 1 is 1.50 bits per heavy atom. The van der Waals surface area contributed by atoms with Crippen LogP contribution >= 0.6 is 23.2 Å². The van der Waals surface area contributed by atoms with Crippen LogP contribution in [0.4, 0.5) is 18.9 Å². The van der Waals surface area contributed by atoms with Gasteiger partial charge in [-0.3, -0.25) is 0 Å². The first-order valence-electron chi connectivity index (χ1n) is 6.08. The van der Waals surface area contributed by atoms with Crippen LogP contribution in [-0.2, 0) is 0 Å². The molecule has 0 amide bonds. The number of aromatic nitrogens is 4. The Morgan fingerprint density at radius 3 is 2.83 bits per heavy atom. The minimum Gasteiger partial charge on any atom is -0.429 e. The largest absolute Gasteiger partial charge is 0.444 e. The van der Waals surface area contributed by atoms with Crippen molar-refractivity contribution < 1.29 is 17.9 Å². The zero-order valence-corrected chi connectivity index (χ0v) is 13.0. The summed E-state index contributed by atoms with van der Waals surface area (Å²) in [4.78, 5) is 0. The van der Waals surface area contributed by atoms with E-state index in [0.717, 1.165) is 12.1 Å². The number of benzene rings is 1. The lowest BCUT2D eigenvalue weighted by Gasteiger charge is -2.18. The van der Waals surface area contributed by atoms with Gasteiger partial charge in [-0.25, -0.2) is 4.39 Å². The highest BCUT2D eigenvalue weighted by molar-refractivity contribution is 6.33. The predicted octanol–water partition coefficient (Wildman–Crippen LogP) is 3.34. The van der Waals surface area contributed by atoms with E-state index in [1.807, 2.05) is 6.07 Å². The van der Waals surface area contributed by atoms with Gasteiger partial charge in [-0.1, -0.05) is 23.2 Å². The fourth-order valence-corrected chi connectivity index (χ4v) is 1.67. The van der Waals surface area contributed by atoms with Crippen molar-refractivity contribution >= 4 is 34.5 Å². The molecular weight excluding hydrogens is 372 g/mol. The molecule has 0 saturated heterocycles. The van der Waals surface area contributed by atoms with Gasteiger partial charge >= 0.3 is 6.11 Å². The first-order valence-corrected chi connectivity index (χ1v) is 6.90. The fourth-order valence-electron chi connectivity index (χ4n) is 1.45. The molecule has 0 radical (unpaired) electrons. The van der Waals surface area contributed by atoms with Crippen molar-refractivity contribution in [3.8, 4) is 11.8 Å². The summed E-state index contributed by atoms with van der Waals surface area (Å²) in [6.07, 6.45) is -3.03. The first kappa shape index (κ1) is 17.8. The average molecular weight is 379 g/mol. The van der Waals surface area contributed by atoms with Crippen molar-refractivity contribution in [2.24, 2.45) is 0 Å². The molecule has 126 valence electrons. The van der Waals surface area contributed by atoms with Crippen LogP contribution in [0.15, 0.2) is 24.4 Å². The Bertz CT molecular complexity index is 776. The third-order valence-corrected chi connectivity index (χ3v) is 3.11. The summed E-state index contributed by atoms with van der Waals surface area (Å²) in [5, 5.41) is 24.5. The maximum Gasteiger partial charge on any atom is 0.444 e. The zero-order valence-electron chi connectivity index (χ0n) is 11.5. The predicted molar refractivity (Wildman–Crippen MR) is 79.2 cm³/mol. The van der Waals surface area contributed by atoms with E-state index in [0.29, 0.717) is 0 Å². The molecule has 1 aromatic carbocycles. The van der Waals surface area contributed by atoms with Crippen LogP contribution in [0.25, 0.3) is 5.57 Å². The molecular formula is C12H7Cl2F3N6O. The quantitative estimate of drug-likeness (QED) is 0.590. The van der Waals surface area contributed by atoms with E-state index in [1.54, 1.807) is 0 Å². The van der Waals surface area contributed by atoms with Gasteiger partial charge in [0.2, 0.25) is 5.82 Å². The van der Waals surface area contributed by atoms with Crippen molar-refractivity contribution in [2.45, 2.75) is 11.7 Å². The standard InChI is InChI=1S/C12H7Cl2F3N6O/c13-8-2-1-7(24-12(16,17)11(14)15)3-9(8)19-5-6(4-18)10-20-22-23-21-10/h1-3,5,11,19H,(H,20,21,22,23). The third kappa shape index (κ3) is 4.27. The van der Waals surface area contributed by atoms with Crippen LogP contribution in [-0.4, -0.2) is 32.4 Å². The molecule has 1 heterocycles. The molecule has 1 unspecified atom stereocenters. The highest BCUT2D eigenvalue weighted by Crippen LogP contribution is 2.33. The minimum atomic E-state index is -4.22. The summed E-state index contributed by atoms with van der Waals surface area (Å²) in [6, 6.07) is 5.24. The number of rotatable bonds is 6. The Labute approximate surface area is 143 Å². The van der Waals surface area contributed by atoms with Crippen LogP contribution in [0, 0.1) is 11.3 Å². The number of H-pyrrole nitrogens is 1. The lowest BCUT2D eigenvalue weighted by Crippen LogP contribution is -2.32. The van der Waals surface area contributed by atoms with E-state index in [-0.39, 0.29) is 27.9 Å². The molecule has 7 nitrogen and oxygen atoms in total. The first-order chi connectivity index (χ1) is 11.3.